The zero-order valence-electron chi connectivity index (χ0n) is 9.89. The predicted octanol–water partition coefficient (Wildman–Crippen LogP) is 3.17. The summed E-state index contributed by atoms with van der Waals surface area (Å²) in [6.45, 7) is 0. The van der Waals surface area contributed by atoms with Gasteiger partial charge in [0.2, 0.25) is 0 Å². The third-order valence-electron chi connectivity index (χ3n) is 2.54. The second-order valence-electron chi connectivity index (χ2n) is 3.77. The summed E-state index contributed by atoms with van der Waals surface area (Å²) in [5.41, 5.74) is 1.32. The molecule has 2 aromatic rings. The van der Waals surface area contributed by atoms with Crippen LogP contribution in [0.1, 0.15) is 16.1 Å². The van der Waals surface area contributed by atoms with E-state index in [0.717, 1.165) is 5.69 Å². The number of aromatic nitrogens is 1. The molecular formula is C14H12ClNO2. The molecule has 0 saturated carbocycles. The van der Waals surface area contributed by atoms with Gasteiger partial charge in [-0.3, -0.25) is 9.78 Å². The van der Waals surface area contributed by atoms with Crippen molar-refractivity contribution in [3.63, 3.8) is 0 Å². The van der Waals surface area contributed by atoms with E-state index in [9.17, 15) is 4.79 Å². The molecule has 1 heterocycles. The molecule has 0 radical (unpaired) electrons. The molecule has 0 bridgehead atoms. The van der Waals surface area contributed by atoms with Crippen molar-refractivity contribution in [3.05, 3.63) is 58.9 Å². The van der Waals surface area contributed by atoms with Gasteiger partial charge < -0.3 is 4.74 Å². The standard InChI is InChI=1S/C14H12ClNO2/c1-18-14-8-10(5-6-12(14)15)13(17)9-11-4-2-3-7-16-11/h2-8H,9H2,1H3. The van der Waals surface area contributed by atoms with E-state index in [0.29, 0.717) is 16.3 Å². The lowest BCUT2D eigenvalue weighted by molar-refractivity contribution is 0.0991. The Balaban J connectivity index is 2.19. The van der Waals surface area contributed by atoms with Crippen molar-refractivity contribution in [1.29, 1.82) is 0 Å². The highest BCUT2D eigenvalue weighted by molar-refractivity contribution is 6.32. The number of pyridine rings is 1. The molecule has 0 unspecified atom stereocenters. The number of ketones is 1. The molecule has 0 aliphatic carbocycles. The molecule has 0 aliphatic heterocycles. The third-order valence-corrected chi connectivity index (χ3v) is 2.85. The first-order valence-electron chi connectivity index (χ1n) is 5.47. The first kappa shape index (κ1) is 12.6. The molecule has 4 heteroatoms. The number of carbonyl (C=O) groups excluding carboxylic acids is 1. The summed E-state index contributed by atoms with van der Waals surface area (Å²) < 4.78 is 5.09. The summed E-state index contributed by atoms with van der Waals surface area (Å²) in [7, 11) is 1.52. The van der Waals surface area contributed by atoms with Gasteiger partial charge in [-0.1, -0.05) is 17.7 Å². The lowest BCUT2D eigenvalue weighted by Crippen LogP contribution is -2.05. The van der Waals surface area contributed by atoms with Crippen LogP contribution < -0.4 is 4.74 Å². The molecule has 92 valence electrons. The van der Waals surface area contributed by atoms with Gasteiger partial charge in [0.1, 0.15) is 5.75 Å². The van der Waals surface area contributed by atoms with Gasteiger partial charge in [-0.15, -0.1) is 0 Å². The van der Waals surface area contributed by atoms with Gasteiger partial charge in [0.15, 0.2) is 5.78 Å². The van der Waals surface area contributed by atoms with E-state index < -0.39 is 0 Å². The average Bonchev–Trinajstić information content (AvgIpc) is 2.40. The maximum absolute atomic E-state index is 12.1. The van der Waals surface area contributed by atoms with Crippen LogP contribution in [-0.4, -0.2) is 17.9 Å². The predicted molar refractivity (Wildman–Crippen MR) is 70.3 cm³/mol. The van der Waals surface area contributed by atoms with Crippen LogP contribution in [0.3, 0.4) is 0 Å². The number of ether oxygens (including phenoxy) is 1. The number of carbonyl (C=O) groups is 1. The Hall–Kier alpha value is -1.87. The van der Waals surface area contributed by atoms with Gasteiger partial charge in [0.25, 0.3) is 0 Å². The van der Waals surface area contributed by atoms with Crippen LogP contribution >= 0.6 is 11.6 Å². The minimum absolute atomic E-state index is 0.0105. The molecule has 0 fully saturated rings. The number of hydrogen-bond donors (Lipinski definition) is 0. The largest absolute Gasteiger partial charge is 0.495 e. The van der Waals surface area contributed by atoms with Gasteiger partial charge >= 0.3 is 0 Å². The van der Waals surface area contributed by atoms with Crippen LogP contribution in [-0.2, 0) is 6.42 Å². The van der Waals surface area contributed by atoms with Crippen molar-refractivity contribution < 1.29 is 9.53 Å². The summed E-state index contributed by atoms with van der Waals surface area (Å²) in [6, 6.07) is 10.5. The summed E-state index contributed by atoms with van der Waals surface area (Å²) in [5.74, 6) is 0.493. The van der Waals surface area contributed by atoms with Crippen molar-refractivity contribution in [2.75, 3.05) is 7.11 Å². The summed E-state index contributed by atoms with van der Waals surface area (Å²) >= 11 is 5.91. The van der Waals surface area contributed by atoms with Crippen molar-refractivity contribution in [2.45, 2.75) is 6.42 Å². The van der Waals surface area contributed by atoms with Crippen molar-refractivity contribution in [2.24, 2.45) is 0 Å². The minimum atomic E-state index is -0.0105. The summed E-state index contributed by atoms with van der Waals surface area (Å²) in [5, 5.41) is 0.492. The average molecular weight is 262 g/mol. The van der Waals surface area contributed by atoms with Crippen molar-refractivity contribution >= 4 is 17.4 Å². The zero-order chi connectivity index (χ0) is 13.0. The van der Waals surface area contributed by atoms with E-state index in [1.165, 1.54) is 7.11 Å². The summed E-state index contributed by atoms with van der Waals surface area (Å²) in [6.07, 6.45) is 1.94. The monoisotopic (exact) mass is 261 g/mol. The molecule has 2 rings (SSSR count). The molecule has 0 aliphatic rings. The Morgan fingerprint density at radius 3 is 2.83 bits per heavy atom. The van der Waals surface area contributed by atoms with Crippen molar-refractivity contribution in [3.8, 4) is 5.75 Å². The summed E-state index contributed by atoms with van der Waals surface area (Å²) in [4.78, 5) is 16.2. The molecular weight excluding hydrogens is 250 g/mol. The number of nitrogens with zero attached hydrogens (tertiary/aromatic N) is 1. The topological polar surface area (TPSA) is 39.2 Å². The fourth-order valence-corrected chi connectivity index (χ4v) is 1.80. The molecule has 0 saturated heterocycles. The Bertz CT molecular complexity index is 555. The van der Waals surface area contributed by atoms with Gasteiger partial charge in [0.05, 0.1) is 18.6 Å². The highest BCUT2D eigenvalue weighted by Crippen LogP contribution is 2.25. The fraction of sp³-hybridized carbons (Fsp3) is 0.143. The quantitative estimate of drug-likeness (QED) is 0.794. The van der Waals surface area contributed by atoms with E-state index in [4.69, 9.17) is 16.3 Å². The van der Waals surface area contributed by atoms with Gasteiger partial charge in [-0.25, -0.2) is 0 Å². The molecule has 0 amide bonds. The first-order valence-corrected chi connectivity index (χ1v) is 5.85. The Labute approximate surface area is 110 Å². The van der Waals surface area contributed by atoms with E-state index in [1.807, 2.05) is 18.2 Å². The van der Waals surface area contributed by atoms with E-state index in [2.05, 4.69) is 4.98 Å². The van der Waals surface area contributed by atoms with Crippen LogP contribution in [0, 0.1) is 0 Å². The third kappa shape index (κ3) is 2.87. The van der Waals surface area contributed by atoms with Gasteiger partial charge in [0, 0.05) is 17.5 Å². The van der Waals surface area contributed by atoms with Crippen LogP contribution in [0.2, 0.25) is 5.02 Å². The maximum Gasteiger partial charge on any atom is 0.168 e. The molecule has 18 heavy (non-hydrogen) atoms. The second-order valence-corrected chi connectivity index (χ2v) is 4.18. The fourth-order valence-electron chi connectivity index (χ4n) is 1.60. The molecule has 0 spiro atoms. The van der Waals surface area contributed by atoms with E-state index in [1.54, 1.807) is 24.4 Å². The van der Waals surface area contributed by atoms with Gasteiger partial charge in [-0.2, -0.15) is 0 Å². The number of Topliss-reactive ketones (excluding diaryl/α,β-unsaturated/α-hetero) is 1. The molecule has 0 atom stereocenters. The molecule has 3 nitrogen and oxygen atoms in total. The normalized spacial score (nSPS) is 10.1. The van der Waals surface area contributed by atoms with E-state index in [-0.39, 0.29) is 12.2 Å². The minimum Gasteiger partial charge on any atom is -0.495 e. The SMILES string of the molecule is COc1cc(C(=O)Cc2ccccn2)ccc1Cl. The number of methoxy groups -OCH3 is 1. The number of halogens is 1. The Morgan fingerprint density at radius 2 is 2.17 bits per heavy atom. The lowest BCUT2D eigenvalue weighted by Gasteiger charge is -2.05. The van der Waals surface area contributed by atoms with E-state index >= 15 is 0 Å². The lowest BCUT2D eigenvalue weighted by atomic mass is 10.1. The molecule has 1 aromatic carbocycles. The number of rotatable bonds is 4. The van der Waals surface area contributed by atoms with Crippen LogP contribution in [0.5, 0.6) is 5.75 Å². The van der Waals surface area contributed by atoms with Crippen LogP contribution in [0.4, 0.5) is 0 Å². The zero-order valence-corrected chi connectivity index (χ0v) is 10.6. The smallest absolute Gasteiger partial charge is 0.168 e. The maximum atomic E-state index is 12.1. The Kier molecular flexibility index (Phi) is 3.95. The van der Waals surface area contributed by atoms with Gasteiger partial charge in [-0.05, 0) is 30.3 Å². The highest BCUT2D eigenvalue weighted by atomic mass is 35.5. The first-order chi connectivity index (χ1) is 8.70. The Morgan fingerprint density at radius 1 is 1.33 bits per heavy atom. The number of benzene rings is 1. The van der Waals surface area contributed by atoms with Crippen LogP contribution in [0.15, 0.2) is 42.6 Å². The van der Waals surface area contributed by atoms with Crippen molar-refractivity contribution in [1.82, 2.24) is 4.98 Å². The highest BCUT2D eigenvalue weighted by Gasteiger charge is 2.10. The second kappa shape index (κ2) is 5.65. The van der Waals surface area contributed by atoms with Crippen LogP contribution in [0.25, 0.3) is 0 Å². The molecule has 0 N–H and O–H groups in total. The number of hydrogen-bond acceptors (Lipinski definition) is 3. The molecule has 1 aromatic heterocycles.